The number of benzene rings is 2. The Morgan fingerprint density at radius 3 is 2.27 bits per heavy atom. The number of hydrogen-bond acceptors (Lipinski definition) is 4. The van der Waals surface area contributed by atoms with Crippen LogP contribution in [0.2, 0.25) is 10.0 Å². The van der Waals surface area contributed by atoms with Gasteiger partial charge in [-0.3, -0.25) is 9.36 Å². The monoisotopic (exact) mass is 555 g/mol. The fourth-order valence-electron chi connectivity index (χ4n) is 2.99. The summed E-state index contributed by atoms with van der Waals surface area (Å²) in [5.41, 5.74) is 1.93. The van der Waals surface area contributed by atoms with E-state index in [4.69, 9.17) is 56.0 Å². The van der Waals surface area contributed by atoms with E-state index in [1.807, 2.05) is 6.07 Å². The van der Waals surface area contributed by atoms with Gasteiger partial charge in [0.25, 0.3) is 0 Å². The van der Waals surface area contributed by atoms with Crippen LogP contribution in [0.1, 0.15) is 12.0 Å². The second kappa shape index (κ2) is 14.4. The van der Waals surface area contributed by atoms with Crippen molar-refractivity contribution in [3.8, 4) is 0 Å². The molecular weight excluding hydrogens is 531 g/mol. The summed E-state index contributed by atoms with van der Waals surface area (Å²) in [5, 5.41) is 15.8. The molecule has 12 heteroatoms. The molecule has 1 atom stereocenters. The Morgan fingerprint density at radius 1 is 1.09 bits per heavy atom. The van der Waals surface area contributed by atoms with E-state index in [1.54, 1.807) is 41.1 Å². The molecule has 0 spiro atoms. The smallest absolute Gasteiger partial charge is 0.343 e. The maximum atomic E-state index is 12.2. The number of carboxylic acids is 1. The standard InChI is InChI=1S/C14H11Cl2NO2.C7H15Cl2N2O2P/c15-10-5-3-6-11(16)14(10)17-12-7-2-1-4-9(12)8-13(18)19;8-2-5-11(6-3-9)14(12)10-4-1-7-13-14/h1-7,17H,8H2,(H,18,19);1-7H2,(H,10,12). The number of para-hydroxylation sites is 2. The number of anilines is 2. The molecule has 182 valence electrons. The quantitative estimate of drug-likeness (QED) is 0.248. The molecule has 1 unspecified atom stereocenters. The number of hydrogen-bond donors (Lipinski definition) is 3. The molecular formula is C21H26Cl4N3O4P. The van der Waals surface area contributed by atoms with Gasteiger partial charge in [0.05, 0.1) is 28.8 Å². The lowest BCUT2D eigenvalue weighted by Crippen LogP contribution is -2.35. The maximum absolute atomic E-state index is 12.2. The van der Waals surface area contributed by atoms with Crippen LogP contribution >= 0.6 is 54.1 Å². The number of aliphatic carboxylic acids is 1. The first-order valence-electron chi connectivity index (χ1n) is 10.2. The minimum Gasteiger partial charge on any atom is -0.481 e. The van der Waals surface area contributed by atoms with Crippen LogP contribution < -0.4 is 10.4 Å². The molecule has 1 fully saturated rings. The first-order chi connectivity index (χ1) is 15.8. The number of carboxylic acid groups (broad SMARTS) is 1. The molecule has 3 N–H and O–H groups in total. The fourth-order valence-corrected chi connectivity index (χ4v) is 6.12. The topological polar surface area (TPSA) is 90.9 Å². The van der Waals surface area contributed by atoms with Gasteiger partial charge in [-0.05, 0) is 30.2 Å². The molecule has 1 saturated heterocycles. The van der Waals surface area contributed by atoms with Gasteiger partial charge in [0.1, 0.15) is 0 Å². The molecule has 1 heterocycles. The van der Waals surface area contributed by atoms with Crippen molar-refractivity contribution >= 4 is 71.4 Å². The summed E-state index contributed by atoms with van der Waals surface area (Å²) in [6, 6.07) is 12.3. The number of halogens is 4. The molecule has 0 radical (unpaired) electrons. The summed E-state index contributed by atoms with van der Waals surface area (Å²) in [6.45, 7) is 2.31. The van der Waals surface area contributed by atoms with E-state index < -0.39 is 13.6 Å². The molecule has 0 bridgehead atoms. The summed E-state index contributed by atoms with van der Waals surface area (Å²) in [5.74, 6) is -0.0443. The molecule has 2 aromatic rings. The Morgan fingerprint density at radius 2 is 1.73 bits per heavy atom. The Labute approximate surface area is 213 Å². The molecule has 0 amide bonds. The summed E-state index contributed by atoms with van der Waals surface area (Å²) in [7, 11) is -2.84. The Balaban J connectivity index is 0.000000245. The number of alkyl halides is 2. The number of rotatable bonds is 9. The minimum absolute atomic E-state index is 0.0642. The van der Waals surface area contributed by atoms with Crippen LogP contribution in [0.5, 0.6) is 0 Å². The van der Waals surface area contributed by atoms with E-state index in [-0.39, 0.29) is 6.42 Å². The third kappa shape index (κ3) is 8.93. The van der Waals surface area contributed by atoms with E-state index >= 15 is 0 Å². The highest BCUT2D eigenvalue weighted by atomic mass is 35.5. The summed E-state index contributed by atoms with van der Waals surface area (Å²) < 4.78 is 19.2. The summed E-state index contributed by atoms with van der Waals surface area (Å²) >= 11 is 23.4. The van der Waals surface area contributed by atoms with Crippen LogP contribution in [0, 0.1) is 0 Å². The van der Waals surface area contributed by atoms with E-state index in [1.165, 1.54) is 0 Å². The lowest BCUT2D eigenvalue weighted by Gasteiger charge is -2.33. The maximum Gasteiger partial charge on any atom is 0.343 e. The van der Waals surface area contributed by atoms with Crippen molar-refractivity contribution in [3.05, 3.63) is 58.1 Å². The summed E-state index contributed by atoms with van der Waals surface area (Å²) in [4.78, 5) is 10.8. The zero-order valence-corrected chi connectivity index (χ0v) is 21.7. The van der Waals surface area contributed by atoms with Crippen molar-refractivity contribution in [2.75, 3.05) is 43.3 Å². The van der Waals surface area contributed by atoms with E-state index in [0.717, 1.165) is 13.0 Å². The predicted octanol–water partition coefficient (Wildman–Crippen LogP) is 6.25. The number of carbonyl (C=O) groups is 1. The van der Waals surface area contributed by atoms with E-state index in [0.29, 0.717) is 58.4 Å². The van der Waals surface area contributed by atoms with Crippen molar-refractivity contribution in [1.82, 2.24) is 9.76 Å². The van der Waals surface area contributed by atoms with Crippen LogP contribution in [0.15, 0.2) is 42.5 Å². The van der Waals surface area contributed by atoms with Crippen LogP contribution in [-0.2, 0) is 20.3 Å². The molecule has 3 rings (SSSR count). The van der Waals surface area contributed by atoms with Gasteiger partial charge < -0.3 is 14.9 Å². The lowest BCUT2D eigenvalue weighted by atomic mass is 10.1. The second-order valence-electron chi connectivity index (χ2n) is 6.90. The third-order valence-corrected chi connectivity index (χ3v) is 7.81. The SMILES string of the molecule is O=C(O)Cc1ccccc1Nc1c(Cl)cccc1Cl.O=P1(N(CCCl)CCCl)NCCCO1. The van der Waals surface area contributed by atoms with Crippen molar-refractivity contribution in [1.29, 1.82) is 0 Å². The molecule has 2 aromatic carbocycles. The molecule has 0 aliphatic carbocycles. The normalized spacial score (nSPS) is 17.8. The Kier molecular flexibility index (Phi) is 12.3. The van der Waals surface area contributed by atoms with Crippen molar-refractivity contribution < 1.29 is 19.0 Å². The van der Waals surface area contributed by atoms with Gasteiger partial charge in [-0.2, -0.15) is 0 Å². The van der Waals surface area contributed by atoms with Gasteiger partial charge in [-0.1, -0.05) is 47.5 Å². The van der Waals surface area contributed by atoms with Crippen LogP contribution in [0.4, 0.5) is 11.4 Å². The van der Waals surface area contributed by atoms with Crippen molar-refractivity contribution in [3.63, 3.8) is 0 Å². The van der Waals surface area contributed by atoms with Crippen LogP contribution in [-0.4, -0.2) is 53.7 Å². The van der Waals surface area contributed by atoms with Gasteiger partial charge >= 0.3 is 13.6 Å². The average Bonchev–Trinajstić information content (AvgIpc) is 2.78. The first kappa shape index (κ1) is 28.2. The van der Waals surface area contributed by atoms with Gasteiger partial charge in [0.2, 0.25) is 0 Å². The van der Waals surface area contributed by atoms with Crippen LogP contribution in [0.3, 0.4) is 0 Å². The number of nitrogens with zero attached hydrogens (tertiary/aromatic N) is 1. The highest BCUT2D eigenvalue weighted by Gasteiger charge is 2.32. The third-order valence-electron chi connectivity index (χ3n) is 4.54. The van der Waals surface area contributed by atoms with E-state index in [2.05, 4.69) is 10.4 Å². The van der Waals surface area contributed by atoms with Gasteiger partial charge in [-0.25, -0.2) is 9.76 Å². The molecule has 1 aliphatic heterocycles. The first-order valence-corrected chi connectivity index (χ1v) is 13.6. The minimum atomic E-state index is -2.84. The molecule has 0 aromatic heterocycles. The number of nitrogens with one attached hydrogen (secondary N) is 2. The highest BCUT2D eigenvalue weighted by Crippen LogP contribution is 2.48. The average molecular weight is 557 g/mol. The second-order valence-corrected chi connectivity index (χ2v) is 10.6. The Bertz CT molecular complexity index is 931. The lowest BCUT2D eigenvalue weighted by molar-refractivity contribution is -0.136. The fraction of sp³-hybridized carbons (Fsp3) is 0.381. The van der Waals surface area contributed by atoms with Gasteiger partial charge in [-0.15, -0.1) is 23.2 Å². The van der Waals surface area contributed by atoms with Crippen LogP contribution in [0.25, 0.3) is 0 Å². The predicted molar refractivity (Wildman–Crippen MR) is 137 cm³/mol. The highest BCUT2D eigenvalue weighted by molar-refractivity contribution is 7.54. The Hall–Kier alpha value is -1.02. The molecule has 1 aliphatic rings. The molecule has 33 heavy (non-hydrogen) atoms. The largest absolute Gasteiger partial charge is 0.481 e. The molecule has 7 nitrogen and oxygen atoms in total. The molecule has 0 saturated carbocycles. The van der Waals surface area contributed by atoms with Gasteiger partial charge in [0.15, 0.2) is 0 Å². The zero-order valence-electron chi connectivity index (χ0n) is 17.8. The van der Waals surface area contributed by atoms with Crippen molar-refractivity contribution in [2.24, 2.45) is 0 Å². The summed E-state index contributed by atoms with van der Waals surface area (Å²) in [6.07, 6.45) is 0.824. The van der Waals surface area contributed by atoms with Crippen molar-refractivity contribution in [2.45, 2.75) is 12.8 Å². The van der Waals surface area contributed by atoms with Gasteiger partial charge in [0, 0.05) is 37.1 Å². The zero-order chi connectivity index (χ0) is 24.3. The van der Waals surface area contributed by atoms with E-state index in [9.17, 15) is 9.36 Å².